The second-order valence-corrected chi connectivity index (χ2v) is 5.14. The highest BCUT2D eigenvalue weighted by molar-refractivity contribution is 5.83. The molecule has 0 spiro atoms. The van der Waals surface area contributed by atoms with Crippen LogP contribution in [0.15, 0.2) is 24.3 Å². The molecule has 0 aromatic heterocycles. The molecule has 0 radical (unpaired) electrons. The Morgan fingerprint density at radius 3 is 2.38 bits per heavy atom. The van der Waals surface area contributed by atoms with Crippen molar-refractivity contribution in [3.8, 4) is 0 Å². The zero-order valence-corrected chi connectivity index (χ0v) is 10.2. The molecule has 1 heteroatoms. The lowest BCUT2D eigenvalue weighted by atomic mass is 9.99. The normalized spacial score (nSPS) is 15.4. The number of aryl methyl sites for hydroxylation is 1. The van der Waals surface area contributed by atoms with E-state index in [2.05, 4.69) is 38.1 Å². The van der Waals surface area contributed by atoms with Crippen molar-refractivity contribution in [2.45, 2.75) is 45.4 Å². The number of hydrogen-bond donors (Lipinski definition) is 0. The van der Waals surface area contributed by atoms with Crippen LogP contribution >= 0.6 is 0 Å². The topological polar surface area (TPSA) is 17.1 Å². The van der Waals surface area contributed by atoms with Crippen LogP contribution in [0.25, 0.3) is 0 Å². The molecule has 1 saturated carbocycles. The van der Waals surface area contributed by atoms with Gasteiger partial charge in [0.2, 0.25) is 0 Å². The fourth-order valence-electron chi connectivity index (χ4n) is 1.95. The molecule has 0 bridgehead atoms. The molecule has 1 fully saturated rings. The Labute approximate surface area is 97.9 Å². The molecule has 1 nitrogen and oxygen atoms in total. The van der Waals surface area contributed by atoms with E-state index in [-0.39, 0.29) is 0 Å². The molecular weight excluding hydrogens is 196 g/mol. The number of ketones is 1. The van der Waals surface area contributed by atoms with Gasteiger partial charge in [-0.15, -0.1) is 0 Å². The third-order valence-electron chi connectivity index (χ3n) is 3.34. The van der Waals surface area contributed by atoms with Crippen molar-refractivity contribution >= 4 is 5.78 Å². The van der Waals surface area contributed by atoms with Crippen LogP contribution in [0.4, 0.5) is 0 Å². The van der Waals surface area contributed by atoms with E-state index in [9.17, 15) is 4.79 Å². The number of carbonyl (C=O) groups excluding carboxylic acids is 1. The highest BCUT2D eigenvalue weighted by Crippen LogP contribution is 2.31. The summed E-state index contributed by atoms with van der Waals surface area (Å²) in [6.45, 7) is 4.40. The minimum atomic E-state index is 0.412. The number of Topliss-reactive ketones (excluding diaryl/α,β-unsaturated/α-hetero) is 1. The largest absolute Gasteiger partial charge is 0.299 e. The molecule has 16 heavy (non-hydrogen) atoms. The van der Waals surface area contributed by atoms with Gasteiger partial charge in [0.25, 0.3) is 0 Å². The van der Waals surface area contributed by atoms with Gasteiger partial charge in [0.05, 0.1) is 0 Å². The van der Waals surface area contributed by atoms with Crippen LogP contribution in [0, 0.1) is 5.92 Å². The second kappa shape index (κ2) is 4.82. The van der Waals surface area contributed by atoms with Crippen molar-refractivity contribution in [2.75, 3.05) is 0 Å². The third-order valence-corrected chi connectivity index (χ3v) is 3.34. The van der Waals surface area contributed by atoms with E-state index in [1.54, 1.807) is 0 Å². The Morgan fingerprint density at radius 1 is 1.25 bits per heavy atom. The van der Waals surface area contributed by atoms with E-state index in [1.807, 2.05) is 0 Å². The van der Waals surface area contributed by atoms with E-state index >= 15 is 0 Å². The first-order valence-electron chi connectivity index (χ1n) is 6.28. The molecular formula is C15H20O. The van der Waals surface area contributed by atoms with E-state index in [0.717, 1.165) is 25.7 Å². The lowest BCUT2D eigenvalue weighted by Crippen LogP contribution is -2.02. The third kappa shape index (κ3) is 2.94. The van der Waals surface area contributed by atoms with Crippen LogP contribution in [0.3, 0.4) is 0 Å². The molecule has 1 aliphatic rings. The quantitative estimate of drug-likeness (QED) is 0.733. The number of hydrogen-bond acceptors (Lipinski definition) is 1. The minimum Gasteiger partial charge on any atom is -0.299 e. The fourth-order valence-corrected chi connectivity index (χ4v) is 1.95. The molecule has 0 atom stereocenters. The molecule has 0 heterocycles. The van der Waals surface area contributed by atoms with Crippen molar-refractivity contribution in [3.63, 3.8) is 0 Å². The van der Waals surface area contributed by atoms with Crippen LogP contribution in [-0.4, -0.2) is 5.78 Å². The van der Waals surface area contributed by atoms with Gasteiger partial charge >= 0.3 is 0 Å². The Bertz CT molecular complexity index is 358. The first kappa shape index (κ1) is 11.4. The van der Waals surface area contributed by atoms with Crippen LogP contribution in [0.2, 0.25) is 0 Å². The number of carbonyl (C=O) groups is 1. The summed E-state index contributed by atoms with van der Waals surface area (Å²) in [5, 5.41) is 0. The van der Waals surface area contributed by atoms with Gasteiger partial charge in [-0.1, -0.05) is 38.1 Å². The van der Waals surface area contributed by atoms with Crippen molar-refractivity contribution in [3.05, 3.63) is 35.4 Å². The lowest BCUT2D eigenvalue weighted by Gasteiger charge is -2.06. The van der Waals surface area contributed by atoms with Gasteiger partial charge in [-0.05, 0) is 36.3 Å². The van der Waals surface area contributed by atoms with Gasteiger partial charge < -0.3 is 0 Å². The Morgan fingerprint density at radius 2 is 1.88 bits per heavy atom. The summed E-state index contributed by atoms with van der Waals surface area (Å²) in [6.07, 6.45) is 3.90. The first-order chi connectivity index (χ1) is 7.66. The Kier molecular flexibility index (Phi) is 3.42. The maximum Gasteiger partial charge on any atom is 0.136 e. The summed E-state index contributed by atoms with van der Waals surface area (Å²) in [4.78, 5) is 11.6. The highest BCUT2D eigenvalue weighted by atomic mass is 16.1. The molecule has 1 aromatic rings. The van der Waals surface area contributed by atoms with Gasteiger partial charge in [0, 0.05) is 12.3 Å². The summed E-state index contributed by atoms with van der Waals surface area (Å²) in [5.74, 6) is 1.46. The fraction of sp³-hybridized carbons (Fsp3) is 0.533. The van der Waals surface area contributed by atoms with E-state index < -0.39 is 0 Å². The monoisotopic (exact) mass is 216 g/mol. The predicted octanol–water partition coefficient (Wildman–Crippen LogP) is 3.72. The van der Waals surface area contributed by atoms with Crippen LogP contribution < -0.4 is 0 Å². The summed E-state index contributed by atoms with van der Waals surface area (Å²) >= 11 is 0. The minimum absolute atomic E-state index is 0.412. The smallest absolute Gasteiger partial charge is 0.136 e. The summed E-state index contributed by atoms with van der Waals surface area (Å²) in [7, 11) is 0. The molecule has 0 saturated heterocycles. The SMILES string of the molecule is CC(C)c1ccc(CCC(=O)C2CC2)cc1. The van der Waals surface area contributed by atoms with Crippen LogP contribution in [0.5, 0.6) is 0 Å². The average molecular weight is 216 g/mol. The molecule has 86 valence electrons. The van der Waals surface area contributed by atoms with Gasteiger partial charge in [-0.2, -0.15) is 0 Å². The van der Waals surface area contributed by atoms with Crippen LogP contribution in [0.1, 0.15) is 50.2 Å². The molecule has 1 aromatic carbocycles. The average Bonchev–Trinajstić information content (AvgIpc) is 3.10. The summed E-state index contributed by atoms with van der Waals surface area (Å²) in [5.41, 5.74) is 2.66. The molecule has 0 N–H and O–H groups in total. The van der Waals surface area contributed by atoms with Crippen LogP contribution in [-0.2, 0) is 11.2 Å². The molecule has 0 aliphatic heterocycles. The second-order valence-electron chi connectivity index (χ2n) is 5.14. The summed E-state index contributed by atoms with van der Waals surface area (Å²) < 4.78 is 0. The molecule has 1 aliphatic carbocycles. The van der Waals surface area contributed by atoms with Gasteiger partial charge in [-0.25, -0.2) is 0 Å². The summed E-state index contributed by atoms with van der Waals surface area (Å²) in [6, 6.07) is 8.69. The number of benzene rings is 1. The molecule has 0 unspecified atom stereocenters. The maximum atomic E-state index is 11.6. The van der Waals surface area contributed by atoms with Crippen molar-refractivity contribution in [1.29, 1.82) is 0 Å². The Balaban J connectivity index is 1.87. The Hall–Kier alpha value is -1.11. The molecule has 2 rings (SSSR count). The van der Waals surface area contributed by atoms with Crippen molar-refractivity contribution in [1.82, 2.24) is 0 Å². The van der Waals surface area contributed by atoms with Gasteiger partial charge in [0.1, 0.15) is 5.78 Å². The first-order valence-corrected chi connectivity index (χ1v) is 6.28. The molecule has 0 amide bonds. The zero-order chi connectivity index (χ0) is 11.5. The van der Waals surface area contributed by atoms with Gasteiger partial charge in [-0.3, -0.25) is 4.79 Å². The zero-order valence-electron chi connectivity index (χ0n) is 10.2. The highest BCUT2D eigenvalue weighted by Gasteiger charge is 2.28. The van der Waals surface area contributed by atoms with Gasteiger partial charge in [0.15, 0.2) is 0 Å². The number of rotatable bonds is 5. The standard InChI is InChI=1S/C15H20O/c1-11(2)13-6-3-12(4-7-13)5-10-15(16)14-8-9-14/h3-4,6-7,11,14H,5,8-10H2,1-2H3. The van der Waals surface area contributed by atoms with Crippen molar-refractivity contribution in [2.24, 2.45) is 5.92 Å². The maximum absolute atomic E-state index is 11.6. The lowest BCUT2D eigenvalue weighted by molar-refractivity contribution is -0.120. The van der Waals surface area contributed by atoms with Crippen molar-refractivity contribution < 1.29 is 4.79 Å². The van der Waals surface area contributed by atoms with E-state index in [0.29, 0.717) is 17.6 Å². The van der Waals surface area contributed by atoms with E-state index in [4.69, 9.17) is 0 Å². The van der Waals surface area contributed by atoms with E-state index in [1.165, 1.54) is 11.1 Å². The predicted molar refractivity (Wildman–Crippen MR) is 66.6 cm³/mol.